The molecule has 0 aromatic heterocycles. The molecule has 2 aliphatic rings. The molecule has 1 aliphatic carbocycles. The van der Waals surface area contributed by atoms with Crippen LogP contribution in [0.4, 0.5) is 5.69 Å². The summed E-state index contributed by atoms with van der Waals surface area (Å²) in [6.45, 7) is 1.60. The molecule has 1 saturated carbocycles. The van der Waals surface area contributed by atoms with Gasteiger partial charge in [-0.25, -0.2) is 0 Å². The first-order valence-electron chi connectivity index (χ1n) is 10.5. The van der Waals surface area contributed by atoms with E-state index in [1.54, 1.807) is 0 Å². The van der Waals surface area contributed by atoms with E-state index in [4.69, 9.17) is 0 Å². The first-order valence-corrected chi connectivity index (χ1v) is 10.5. The van der Waals surface area contributed by atoms with Crippen LogP contribution in [0.3, 0.4) is 0 Å². The molecule has 28 heavy (non-hydrogen) atoms. The maximum absolute atomic E-state index is 13.5. The van der Waals surface area contributed by atoms with E-state index in [9.17, 15) is 9.59 Å². The van der Waals surface area contributed by atoms with E-state index in [1.165, 1.54) is 6.42 Å². The second kappa shape index (κ2) is 8.17. The average molecular weight is 377 g/mol. The van der Waals surface area contributed by atoms with Crippen molar-refractivity contribution in [1.29, 1.82) is 0 Å². The van der Waals surface area contributed by atoms with Gasteiger partial charge in [0.2, 0.25) is 5.91 Å². The normalized spacial score (nSPS) is 18.6. The van der Waals surface area contributed by atoms with Gasteiger partial charge in [-0.1, -0.05) is 55.3 Å². The van der Waals surface area contributed by atoms with Crippen LogP contribution < -0.4 is 5.32 Å². The van der Waals surface area contributed by atoms with Crippen molar-refractivity contribution in [2.24, 2.45) is 0 Å². The minimum absolute atomic E-state index is 0.00935. The van der Waals surface area contributed by atoms with Gasteiger partial charge in [-0.3, -0.25) is 9.59 Å². The lowest BCUT2D eigenvalue weighted by molar-refractivity contribution is -0.121. The number of piperidine rings is 1. The summed E-state index contributed by atoms with van der Waals surface area (Å²) in [4.78, 5) is 28.4. The van der Waals surface area contributed by atoms with Crippen molar-refractivity contribution >= 4 is 17.5 Å². The smallest absolute Gasteiger partial charge is 0.255 e. The second-order valence-corrected chi connectivity index (χ2v) is 8.01. The zero-order chi connectivity index (χ0) is 19.4. The third-order valence-electron chi connectivity index (χ3n) is 6.27. The zero-order valence-corrected chi connectivity index (χ0v) is 16.3. The lowest BCUT2D eigenvalue weighted by Gasteiger charge is -2.30. The van der Waals surface area contributed by atoms with Crippen LogP contribution in [0.2, 0.25) is 0 Å². The Kier molecular flexibility index (Phi) is 5.47. The molecule has 4 nitrogen and oxygen atoms in total. The minimum Gasteiger partial charge on any atom is -0.339 e. The largest absolute Gasteiger partial charge is 0.339 e. The maximum atomic E-state index is 13.5. The molecule has 0 atom stereocenters. The number of carbonyl (C=O) groups is 2. The molecular weight excluding hydrogens is 348 g/mol. The quantitative estimate of drug-likeness (QED) is 0.836. The van der Waals surface area contributed by atoms with E-state index in [1.807, 2.05) is 47.4 Å². The van der Waals surface area contributed by atoms with E-state index < -0.39 is 5.41 Å². The topological polar surface area (TPSA) is 49.4 Å². The van der Waals surface area contributed by atoms with Crippen LogP contribution in [0.15, 0.2) is 54.6 Å². The van der Waals surface area contributed by atoms with Crippen molar-refractivity contribution in [1.82, 2.24) is 4.90 Å². The highest BCUT2D eigenvalue weighted by Crippen LogP contribution is 2.42. The summed E-state index contributed by atoms with van der Waals surface area (Å²) >= 11 is 0. The third-order valence-corrected chi connectivity index (χ3v) is 6.27. The van der Waals surface area contributed by atoms with E-state index in [-0.39, 0.29) is 11.8 Å². The molecule has 2 aromatic rings. The number of rotatable bonds is 4. The number of anilines is 1. The molecule has 1 saturated heterocycles. The zero-order valence-electron chi connectivity index (χ0n) is 16.3. The van der Waals surface area contributed by atoms with Crippen LogP contribution >= 0.6 is 0 Å². The Morgan fingerprint density at radius 2 is 1.43 bits per heavy atom. The molecule has 0 radical (unpaired) electrons. The van der Waals surface area contributed by atoms with Gasteiger partial charge in [0.15, 0.2) is 0 Å². The molecule has 2 aromatic carbocycles. The molecule has 1 aliphatic heterocycles. The highest BCUT2D eigenvalue weighted by molar-refractivity contribution is 6.06. The molecule has 146 valence electrons. The molecule has 0 bridgehead atoms. The molecule has 2 amide bonds. The summed E-state index contributed by atoms with van der Waals surface area (Å²) in [6, 6.07) is 17.5. The van der Waals surface area contributed by atoms with Crippen LogP contribution in [-0.2, 0) is 10.2 Å². The summed E-state index contributed by atoms with van der Waals surface area (Å²) in [5.74, 6) is 0.0332. The molecule has 2 fully saturated rings. The van der Waals surface area contributed by atoms with Gasteiger partial charge in [0.05, 0.1) is 16.7 Å². The summed E-state index contributed by atoms with van der Waals surface area (Å²) in [5.41, 5.74) is 1.80. The number of hydrogen-bond donors (Lipinski definition) is 1. The van der Waals surface area contributed by atoms with Crippen molar-refractivity contribution in [3.8, 4) is 0 Å². The Labute approximate surface area is 166 Å². The van der Waals surface area contributed by atoms with Gasteiger partial charge in [-0.05, 0) is 49.8 Å². The second-order valence-electron chi connectivity index (χ2n) is 8.01. The van der Waals surface area contributed by atoms with E-state index in [2.05, 4.69) is 17.4 Å². The Balaban J connectivity index is 1.60. The molecular formula is C24H28N2O2. The summed E-state index contributed by atoms with van der Waals surface area (Å²) in [6.07, 6.45) is 7.10. The van der Waals surface area contributed by atoms with Gasteiger partial charge < -0.3 is 10.2 Å². The number of para-hydroxylation sites is 1. The molecule has 4 rings (SSSR count). The monoisotopic (exact) mass is 376 g/mol. The van der Waals surface area contributed by atoms with Crippen molar-refractivity contribution in [3.05, 3.63) is 65.7 Å². The molecule has 1 heterocycles. The fourth-order valence-electron chi connectivity index (χ4n) is 4.67. The number of carbonyl (C=O) groups excluding carboxylic acids is 2. The van der Waals surface area contributed by atoms with Crippen molar-refractivity contribution in [2.45, 2.75) is 50.4 Å². The van der Waals surface area contributed by atoms with E-state index >= 15 is 0 Å². The van der Waals surface area contributed by atoms with Crippen LogP contribution in [0.1, 0.15) is 60.9 Å². The van der Waals surface area contributed by atoms with Gasteiger partial charge >= 0.3 is 0 Å². The predicted molar refractivity (Wildman–Crippen MR) is 111 cm³/mol. The highest BCUT2D eigenvalue weighted by Gasteiger charge is 2.42. The van der Waals surface area contributed by atoms with Gasteiger partial charge in [0.25, 0.3) is 5.91 Å². The SMILES string of the molecule is O=C(c1ccccc1NC(=O)C1(c2ccccc2)CCCC1)N1CCCCC1. The van der Waals surface area contributed by atoms with Gasteiger partial charge in [0.1, 0.15) is 0 Å². The fraction of sp³-hybridized carbons (Fsp3) is 0.417. The van der Waals surface area contributed by atoms with Crippen LogP contribution in [0.5, 0.6) is 0 Å². The number of nitrogens with one attached hydrogen (secondary N) is 1. The lowest BCUT2D eigenvalue weighted by atomic mass is 9.78. The van der Waals surface area contributed by atoms with Crippen molar-refractivity contribution < 1.29 is 9.59 Å². The summed E-state index contributed by atoms with van der Waals surface area (Å²) in [5, 5.41) is 3.13. The lowest BCUT2D eigenvalue weighted by Crippen LogP contribution is -2.39. The van der Waals surface area contributed by atoms with Gasteiger partial charge in [0, 0.05) is 13.1 Å². The number of hydrogen-bond acceptors (Lipinski definition) is 2. The Morgan fingerprint density at radius 3 is 2.14 bits per heavy atom. The number of nitrogens with zero attached hydrogens (tertiary/aromatic N) is 1. The molecule has 0 unspecified atom stereocenters. The van der Waals surface area contributed by atoms with Gasteiger partial charge in [-0.15, -0.1) is 0 Å². The van der Waals surface area contributed by atoms with Crippen LogP contribution in [-0.4, -0.2) is 29.8 Å². The van der Waals surface area contributed by atoms with E-state index in [0.717, 1.165) is 57.2 Å². The Bertz CT molecular complexity index is 835. The maximum Gasteiger partial charge on any atom is 0.255 e. The summed E-state index contributed by atoms with van der Waals surface area (Å²) < 4.78 is 0. The molecule has 0 spiro atoms. The first-order chi connectivity index (χ1) is 13.7. The molecule has 4 heteroatoms. The van der Waals surface area contributed by atoms with E-state index in [0.29, 0.717) is 11.3 Å². The number of likely N-dealkylation sites (tertiary alicyclic amines) is 1. The average Bonchev–Trinajstić information content (AvgIpc) is 3.26. The third kappa shape index (κ3) is 3.56. The number of benzene rings is 2. The highest BCUT2D eigenvalue weighted by atomic mass is 16.2. The predicted octanol–water partition coefficient (Wildman–Crippen LogP) is 4.76. The number of amides is 2. The molecule has 1 N–H and O–H groups in total. The summed E-state index contributed by atoms with van der Waals surface area (Å²) in [7, 11) is 0. The minimum atomic E-state index is -0.497. The first kappa shape index (κ1) is 18.7. The van der Waals surface area contributed by atoms with Crippen LogP contribution in [0, 0.1) is 0 Å². The van der Waals surface area contributed by atoms with Crippen LogP contribution in [0.25, 0.3) is 0 Å². The Hall–Kier alpha value is -2.62. The fourth-order valence-corrected chi connectivity index (χ4v) is 4.67. The Morgan fingerprint density at radius 1 is 0.786 bits per heavy atom. The van der Waals surface area contributed by atoms with Crippen molar-refractivity contribution in [3.63, 3.8) is 0 Å². The standard InChI is InChI=1S/C24H28N2O2/c27-22(26-17-9-2-10-18-26)20-13-5-6-14-21(20)25-23(28)24(15-7-8-16-24)19-11-3-1-4-12-19/h1,3-6,11-14H,2,7-10,15-18H2,(H,25,28). The van der Waals surface area contributed by atoms with Crippen molar-refractivity contribution in [2.75, 3.05) is 18.4 Å². The van der Waals surface area contributed by atoms with Gasteiger partial charge in [-0.2, -0.15) is 0 Å².